The molecule has 3 heterocycles. The summed E-state index contributed by atoms with van der Waals surface area (Å²) >= 11 is 0. The van der Waals surface area contributed by atoms with Crippen LogP contribution in [0, 0.1) is 5.92 Å². The van der Waals surface area contributed by atoms with Gasteiger partial charge in [0, 0.05) is 20.5 Å². The number of aryl methyl sites for hydroxylation is 1. The normalized spacial score (nSPS) is 23.1. The maximum Gasteiger partial charge on any atom is 0.430 e. The number of benzene rings is 1. The lowest BCUT2D eigenvalue weighted by Crippen LogP contribution is -2.56. The summed E-state index contributed by atoms with van der Waals surface area (Å²) in [4.78, 5) is 39.6. The van der Waals surface area contributed by atoms with Crippen molar-refractivity contribution in [3.05, 3.63) is 23.3 Å². The van der Waals surface area contributed by atoms with Crippen molar-refractivity contribution in [2.75, 3.05) is 33.7 Å². The van der Waals surface area contributed by atoms with E-state index in [9.17, 15) is 29.5 Å². The molecule has 0 saturated carbocycles. The van der Waals surface area contributed by atoms with Crippen molar-refractivity contribution in [2.45, 2.75) is 45.2 Å². The SMILES string of the molecule is C.CN(C)C(=O)[C@@H]1C[C@H](CC(=O)N2CC(Oc3ccc4c(c3C(=O)[O-])O[B-](O)(O)CC4)C2)CN1. The highest BCUT2D eigenvalue weighted by atomic mass is 16.6. The standard InChI is InChI=1S/C21H29BN3O8.CH4/c1-24(2)20(27)15-7-12(9-23-15)8-17(26)25-10-14(11-25)32-16-4-3-13-5-6-22(30,31)33-19(13)18(16)21(28)29;/h3-4,12,14-15,23,30-31H,5-11H2,1-2H3,(H,28,29);1H4/q-1;/p-1/t12-,15+;/m1./s1. The summed E-state index contributed by atoms with van der Waals surface area (Å²) in [6.45, 7) is -1.93. The van der Waals surface area contributed by atoms with Gasteiger partial charge in [-0.15, -0.1) is 0 Å². The number of rotatable bonds is 6. The molecule has 3 N–H and O–H groups in total. The smallest absolute Gasteiger partial charge is 0.430 e. The number of ether oxygens (including phenoxy) is 1. The number of hydrogen-bond donors (Lipinski definition) is 3. The minimum Gasteiger partial charge on any atom is -0.669 e. The molecule has 1 aromatic carbocycles. The summed E-state index contributed by atoms with van der Waals surface area (Å²) in [5, 5.41) is 34.5. The maximum atomic E-state index is 12.6. The van der Waals surface area contributed by atoms with Crippen molar-refractivity contribution in [3.8, 4) is 11.5 Å². The molecular weight excluding hydrogens is 445 g/mol. The van der Waals surface area contributed by atoms with Crippen LogP contribution >= 0.6 is 0 Å². The first-order valence-electron chi connectivity index (χ1n) is 11.1. The molecule has 0 spiro atoms. The van der Waals surface area contributed by atoms with Gasteiger partial charge in [-0.3, -0.25) is 9.59 Å². The highest BCUT2D eigenvalue weighted by molar-refractivity contribution is 6.59. The lowest BCUT2D eigenvalue weighted by Gasteiger charge is -2.41. The topological polar surface area (TPSA) is 152 Å². The summed E-state index contributed by atoms with van der Waals surface area (Å²) in [7, 11) is 3.40. The van der Waals surface area contributed by atoms with Gasteiger partial charge < -0.3 is 44.5 Å². The number of carboxylic acids is 1. The van der Waals surface area contributed by atoms with Crippen LogP contribution < -0.4 is 19.8 Å². The number of carboxylic acid groups (broad SMARTS) is 1. The molecule has 2 fully saturated rings. The third kappa shape index (κ3) is 5.29. The molecule has 34 heavy (non-hydrogen) atoms. The van der Waals surface area contributed by atoms with Gasteiger partial charge in [0.05, 0.1) is 36.4 Å². The van der Waals surface area contributed by atoms with Crippen LogP contribution in [0.15, 0.2) is 12.1 Å². The predicted molar refractivity (Wildman–Crippen MR) is 121 cm³/mol. The summed E-state index contributed by atoms with van der Waals surface area (Å²) in [6, 6.07) is 2.86. The number of carbonyl (C=O) groups is 3. The molecule has 0 radical (unpaired) electrons. The highest BCUT2D eigenvalue weighted by Gasteiger charge is 2.37. The Labute approximate surface area is 198 Å². The molecule has 0 bridgehead atoms. The number of likely N-dealkylation sites (tertiary alicyclic amines) is 1. The van der Waals surface area contributed by atoms with Gasteiger partial charge in [-0.2, -0.15) is 0 Å². The van der Waals surface area contributed by atoms with Gasteiger partial charge in [0.1, 0.15) is 11.9 Å². The number of likely N-dealkylation sites (N-methyl/N-ethyl adjacent to an activating group) is 1. The molecule has 1 aromatic rings. The Balaban J connectivity index is 0.00000324. The van der Waals surface area contributed by atoms with Crippen LogP contribution in [0.25, 0.3) is 0 Å². The number of nitrogens with zero attached hydrogens (tertiary/aromatic N) is 2. The average molecular weight is 477 g/mol. The maximum absolute atomic E-state index is 12.6. The van der Waals surface area contributed by atoms with E-state index in [1.54, 1.807) is 25.1 Å². The van der Waals surface area contributed by atoms with Gasteiger partial charge in [0.25, 0.3) is 0 Å². The van der Waals surface area contributed by atoms with Crippen LogP contribution in [0.2, 0.25) is 6.32 Å². The number of amides is 2. The fourth-order valence-electron chi connectivity index (χ4n) is 4.56. The Bertz CT molecular complexity index is 964. The zero-order valence-corrected chi connectivity index (χ0v) is 18.7. The van der Waals surface area contributed by atoms with Crippen molar-refractivity contribution >= 4 is 24.5 Å². The van der Waals surface area contributed by atoms with Gasteiger partial charge in [-0.25, -0.2) is 0 Å². The molecule has 2 saturated heterocycles. The number of hydrogen-bond acceptors (Lipinski definition) is 9. The number of carbonyl (C=O) groups excluding carboxylic acids is 3. The molecule has 0 aliphatic carbocycles. The molecule has 0 unspecified atom stereocenters. The van der Waals surface area contributed by atoms with Crippen molar-refractivity contribution in [3.63, 3.8) is 0 Å². The molecule has 0 aromatic heterocycles. The van der Waals surface area contributed by atoms with E-state index in [1.165, 1.54) is 11.0 Å². The minimum absolute atomic E-state index is 0. The predicted octanol–water partition coefficient (Wildman–Crippen LogP) is -1.41. The van der Waals surface area contributed by atoms with Crippen LogP contribution in [0.3, 0.4) is 0 Å². The van der Waals surface area contributed by atoms with Crippen molar-refractivity contribution in [2.24, 2.45) is 5.92 Å². The summed E-state index contributed by atoms with van der Waals surface area (Å²) in [6.07, 6.45) is 0.757. The molecule has 3 aliphatic rings. The second-order valence-electron chi connectivity index (χ2n) is 9.27. The lowest BCUT2D eigenvalue weighted by atomic mass is 9.70. The highest BCUT2D eigenvalue weighted by Crippen LogP contribution is 2.38. The van der Waals surface area contributed by atoms with Gasteiger partial charge in [0.15, 0.2) is 0 Å². The molecule has 2 amide bonds. The Kier molecular flexibility index (Phi) is 7.44. The van der Waals surface area contributed by atoms with Crippen LogP contribution in [0.1, 0.15) is 36.2 Å². The number of fused-ring (bicyclic) bond motifs is 1. The van der Waals surface area contributed by atoms with Crippen LogP contribution in [-0.4, -0.2) is 90.3 Å². The summed E-state index contributed by atoms with van der Waals surface area (Å²) < 4.78 is 10.9. The molecular formula is C22H32BN3O8-2. The first kappa shape index (κ1) is 25.8. The Morgan fingerprint density at radius 3 is 2.65 bits per heavy atom. The van der Waals surface area contributed by atoms with E-state index in [0.29, 0.717) is 38.0 Å². The minimum atomic E-state index is -3.14. The molecule has 11 nitrogen and oxygen atoms in total. The van der Waals surface area contributed by atoms with E-state index in [0.717, 1.165) is 0 Å². The van der Waals surface area contributed by atoms with Gasteiger partial charge in [-0.05, 0) is 36.9 Å². The molecule has 3 aliphatic heterocycles. The molecule has 12 heteroatoms. The second kappa shape index (κ2) is 9.81. The monoisotopic (exact) mass is 477 g/mol. The van der Waals surface area contributed by atoms with Gasteiger partial charge >= 0.3 is 6.75 Å². The van der Waals surface area contributed by atoms with Crippen molar-refractivity contribution in [1.82, 2.24) is 15.1 Å². The van der Waals surface area contributed by atoms with E-state index < -0.39 is 18.8 Å². The number of nitrogens with one attached hydrogen (secondary N) is 1. The second-order valence-corrected chi connectivity index (χ2v) is 9.27. The van der Waals surface area contributed by atoms with Gasteiger partial charge in [0.2, 0.25) is 11.8 Å². The molecule has 4 rings (SSSR count). The van der Waals surface area contributed by atoms with Crippen LogP contribution in [-0.2, 0) is 16.0 Å². The Morgan fingerprint density at radius 1 is 1.29 bits per heavy atom. The third-order valence-corrected chi connectivity index (χ3v) is 6.42. The van der Waals surface area contributed by atoms with E-state index in [2.05, 4.69) is 5.32 Å². The largest absolute Gasteiger partial charge is 0.669 e. The van der Waals surface area contributed by atoms with E-state index >= 15 is 0 Å². The van der Waals surface area contributed by atoms with Crippen molar-refractivity contribution in [1.29, 1.82) is 0 Å². The Morgan fingerprint density at radius 2 is 2.00 bits per heavy atom. The number of aromatic carboxylic acids is 1. The first-order valence-corrected chi connectivity index (χ1v) is 11.1. The fourth-order valence-corrected chi connectivity index (χ4v) is 4.56. The average Bonchev–Trinajstić information content (AvgIpc) is 3.16. The molecule has 2 atom stereocenters. The fraction of sp³-hybridized carbons (Fsp3) is 0.591. The van der Waals surface area contributed by atoms with Crippen molar-refractivity contribution < 1.29 is 38.9 Å². The summed E-state index contributed by atoms with van der Waals surface area (Å²) in [5.74, 6) is -1.65. The quantitative estimate of drug-likeness (QED) is 0.420. The Hall–Kier alpha value is -2.83. The van der Waals surface area contributed by atoms with Crippen LogP contribution in [0.5, 0.6) is 11.5 Å². The molecule has 188 valence electrons. The zero-order chi connectivity index (χ0) is 23.9. The zero-order valence-electron chi connectivity index (χ0n) is 18.7. The van der Waals surface area contributed by atoms with Crippen LogP contribution in [0.4, 0.5) is 0 Å². The summed E-state index contributed by atoms with van der Waals surface area (Å²) in [5.41, 5.74) is 0.170. The third-order valence-electron chi connectivity index (χ3n) is 6.42. The lowest BCUT2D eigenvalue weighted by molar-refractivity contribution is -0.255. The van der Waals surface area contributed by atoms with E-state index in [4.69, 9.17) is 9.39 Å². The first-order chi connectivity index (χ1) is 15.5. The van der Waals surface area contributed by atoms with E-state index in [-0.39, 0.29) is 61.0 Å². The van der Waals surface area contributed by atoms with E-state index in [1.807, 2.05) is 0 Å². The van der Waals surface area contributed by atoms with Gasteiger partial charge in [-0.1, -0.05) is 19.8 Å².